The maximum atomic E-state index is 12.0. The van der Waals surface area contributed by atoms with Gasteiger partial charge in [0.05, 0.1) is 19.9 Å². The number of methoxy groups -OCH3 is 2. The molecule has 0 aliphatic rings. The smallest absolute Gasteiger partial charge is 0.250 e. The second kappa shape index (κ2) is 7.96. The Morgan fingerprint density at radius 3 is 2.72 bits per heavy atom. The van der Waals surface area contributed by atoms with Crippen molar-refractivity contribution in [2.45, 2.75) is 0 Å². The van der Waals surface area contributed by atoms with Crippen LogP contribution in [0.1, 0.15) is 5.56 Å². The van der Waals surface area contributed by atoms with Crippen molar-refractivity contribution >= 4 is 39.8 Å². The average Bonchev–Trinajstić information content (AvgIpc) is 3.31. The topological polar surface area (TPSA) is 60.5 Å². The molecule has 0 saturated carbocycles. The summed E-state index contributed by atoms with van der Waals surface area (Å²) in [6.07, 6.45) is 3.27. The van der Waals surface area contributed by atoms with Crippen LogP contribution in [0.3, 0.4) is 0 Å². The van der Waals surface area contributed by atoms with E-state index in [1.54, 1.807) is 31.6 Å². The Morgan fingerprint density at radius 2 is 2.00 bits per heavy atom. The van der Waals surface area contributed by atoms with E-state index < -0.39 is 0 Å². The Hall–Kier alpha value is -2.64. The second-order valence-corrected chi connectivity index (χ2v) is 6.63. The number of anilines is 1. The SMILES string of the molecule is COc1ccc(-c2csc(NC(=O)/C=C/c3ccsc3)n2)cc1OC. The highest BCUT2D eigenvalue weighted by Gasteiger charge is 2.10. The summed E-state index contributed by atoms with van der Waals surface area (Å²) in [5, 5.41) is 9.15. The molecule has 0 spiro atoms. The number of nitrogens with zero attached hydrogens (tertiary/aromatic N) is 1. The van der Waals surface area contributed by atoms with Gasteiger partial charge in [-0.15, -0.1) is 11.3 Å². The number of carbonyl (C=O) groups excluding carboxylic acids is 1. The fourth-order valence-corrected chi connectivity index (χ4v) is 3.50. The third-order valence-corrected chi connectivity index (χ3v) is 4.84. The Labute approximate surface area is 153 Å². The van der Waals surface area contributed by atoms with Crippen LogP contribution in [0, 0.1) is 0 Å². The van der Waals surface area contributed by atoms with Crippen molar-refractivity contribution < 1.29 is 14.3 Å². The number of thiophene rings is 1. The van der Waals surface area contributed by atoms with E-state index in [2.05, 4.69) is 10.3 Å². The van der Waals surface area contributed by atoms with Gasteiger partial charge in [-0.05, 0) is 46.7 Å². The van der Waals surface area contributed by atoms with Gasteiger partial charge < -0.3 is 9.47 Å². The number of nitrogens with one attached hydrogen (secondary N) is 1. The first kappa shape index (κ1) is 17.2. The quantitative estimate of drug-likeness (QED) is 0.645. The largest absolute Gasteiger partial charge is 0.493 e. The number of rotatable bonds is 6. The van der Waals surface area contributed by atoms with Crippen molar-refractivity contribution in [3.05, 3.63) is 52.0 Å². The van der Waals surface area contributed by atoms with Crippen molar-refractivity contribution in [2.75, 3.05) is 19.5 Å². The summed E-state index contributed by atoms with van der Waals surface area (Å²) >= 11 is 2.96. The van der Waals surface area contributed by atoms with Gasteiger partial charge in [-0.1, -0.05) is 0 Å². The number of hydrogen-bond donors (Lipinski definition) is 1. The van der Waals surface area contributed by atoms with E-state index in [-0.39, 0.29) is 5.91 Å². The molecule has 7 heteroatoms. The highest BCUT2D eigenvalue weighted by atomic mass is 32.1. The van der Waals surface area contributed by atoms with Crippen molar-refractivity contribution in [1.82, 2.24) is 4.98 Å². The van der Waals surface area contributed by atoms with Crippen molar-refractivity contribution in [3.63, 3.8) is 0 Å². The highest BCUT2D eigenvalue weighted by Crippen LogP contribution is 2.33. The maximum Gasteiger partial charge on any atom is 0.250 e. The number of thiazole rings is 1. The second-order valence-electron chi connectivity index (χ2n) is 4.99. The number of hydrogen-bond acceptors (Lipinski definition) is 6. The fourth-order valence-electron chi connectivity index (χ4n) is 2.15. The zero-order chi connectivity index (χ0) is 17.6. The van der Waals surface area contributed by atoms with Gasteiger partial charge in [0.1, 0.15) is 0 Å². The van der Waals surface area contributed by atoms with Crippen LogP contribution in [0.15, 0.2) is 46.5 Å². The van der Waals surface area contributed by atoms with Crippen LogP contribution in [0.4, 0.5) is 5.13 Å². The van der Waals surface area contributed by atoms with Crippen molar-refractivity contribution in [2.24, 2.45) is 0 Å². The standard InChI is InChI=1S/C18H16N2O3S2/c1-22-15-5-4-13(9-16(15)23-2)14-11-25-18(19-14)20-17(21)6-3-12-7-8-24-10-12/h3-11H,1-2H3,(H,19,20,21)/b6-3+. The molecule has 0 radical (unpaired) electrons. The summed E-state index contributed by atoms with van der Waals surface area (Å²) in [6.45, 7) is 0. The molecule has 0 fully saturated rings. The molecule has 2 heterocycles. The van der Waals surface area contributed by atoms with E-state index in [1.165, 1.54) is 17.4 Å². The lowest BCUT2D eigenvalue weighted by atomic mass is 10.1. The molecule has 0 unspecified atom stereocenters. The minimum absolute atomic E-state index is 0.209. The summed E-state index contributed by atoms with van der Waals surface area (Å²) in [5.41, 5.74) is 2.66. The lowest BCUT2D eigenvalue weighted by Gasteiger charge is -2.08. The van der Waals surface area contributed by atoms with Gasteiger partial charge in [0, 0.05) is 17.0 Å². The number of carbonyl (C=O) groups is 1. The zero-order valence-corrected chi connectivity index (χ0v) is 15.3. The van der Waals surface area contributed by atoms with Gasteiger partial charge in [0.15, 0.2) is 16.6 Å². The first-order valence-electron chi connectivity index (χ1n) is 7.39. The van der Waals surface area contributed by atoms with Gasteiger partial charge in [-0.3, -0.25) is 10.1 Å². The predicted molar refractivity (Wildman–Crippen MR) is 103 cm³/mol. The molecule has 5 nitrogen and oxygen atoms in total. The molecule has 2 aromatic heterocycles. The minimum atomic E-state index is -0.209. The van der Waals surface area contributed by atoms with E-state index in [1.807, 2.05) is 40.4 Å². The Balaban J connectivity index is 1.71. The molecule has 0 atom stereocenters. The van der Waals surface area contributed by atoms with Crippen LogP contribution in [-0.2, 0) is 4.79 Å². The van der Waals surface area contributed by atoms with Crippen LogP contribution < -0.4 is 14.8 Å². The lowest BCUT2D eigenvalue weighted by Crippen LogP contribution is -2.07. The number of benzene rings is 1. The normalized spacial score (nSPS) is 10.8. The van der Waals surface area contributed by atoms with Gasteiger partial charge in [0.25, 0.3) is 0 Å². The Morgan fingerprint density at radius 1 is 1.16 bits per heavy atom. The van der Waals surface area contributed by atoms with Gasteiger partial charge in [-0.2, -0.15) is 11.3 Å². The van der Waals surface area contributed by atoms with E-state index in [0.29, 0.717) is 16.6 Å². The first-order valence-corrected chi connectivity index (χ1v) is 9.21. The fraction of sp³-hybridized carbons (Fsp3) is 0.111. The van der Waals surface area contributed by atoms with E-state index in [4.69, 9.17) is 9.47 Å². The van der Waals surface area contributed by atoms with E-state index >= 15 is 0 Å². The molecule has 1 amide bonds. The van der Waals surface area contributed by atoms with Crippen LogP contribution >= 0.6 is 22.7 Å². The number of ether oxygens (including phenoxy) is 2. The monoisotopic (exact) mass is 372 g/mol. The Bertz CT molecular complexity index is 886. The minimum Gasteiger partial charge on any atom is -0.493 e. The van der Waals surface area contributed by atoms with Gasteiger partial charge >= 0.3 is 0 Å². The molecule has 0 bridgehead atoms. The van der Waals surface area contributed by atoms with Crippen LogP contribution in [0.2, 0.25) is 0 Å². The van der Waals surface area contributed by atoms with E-state index in [9.17, 15) is 4.79 Å². The van der Waals surface area contributed by atoms with Crippen molar-refractivity contribution in [1.29, 1.82) is 0 Å². The zero-order valence-electron chi connectivity index (χ0n) is 13.7. The predicted octanol–water partition coefficient (Wildman–Crippen LogP) is 4.54. The summed E-state index contributed by atoms with van der Waals surface area (Å²) in [4.78, 5) is 16.4. The average molecular weight is 372 g/mol. The van der Waals surface area contributed by atoms with Crippen LogP contribution in [0.5, 0.6) is 11.5 Å². The molecule has 128 valence electrons. The third-order valence-electron chi connectivity index (χ3n) is 3.38. The molecule has 3 rings (SSSR count). The molecular formula is C18H16N2O3S2. The summed E-state index contributed by atoms with van der Waals surface area (Å²) in [5.74, 6) is 1.09. The number of aromatic nitrogens is 1. The van der Waals surface area contributed by atoms with Crippen LogP contribution in [0.25, 0.3) is 17.3 Å². The molecular weight excluding hydrogens is 356 g/mol. The molecule has 3 aromatic rings. The lowest BCUT2D eigenvalue weighted by molar-refractivity contribution is -0.111. The van der Waals surface area contributed by atoms with E-state index in [0.717, 1.165) is 16.8 Å². The molecule has 1 N–H and O–H groups in total. The number of amides is 1. The van der Waals surface area contributed by atoms with Gasteiger partial charge in [0.2, 0.25) is 5.91 Å². The van der Waals surface area contributed by atoms with Crippen LogP contribution in [-0.4, -0.2) is 25.1 Å². The van der Waals surface area contributed by atoms with Gasteiger partial charge in [-0.25, -0.2) is 4.98 Å². The summed E-state index contributed by atoms with van der Waals surface area (Å²) in [7, 11) is 3.19. The summed E-state index contributed by atoms with van der Waals surface area (Å²) < 4.78 is 10.5. The maximum absolute atomic E-state index is 12.0. The summed E-state index contributed by atoms with van der Waals surface area (Å²) in [6, 6.07) is 7.54. The third kappa shape index (κ3) is 4.26. The molecule has 0 aliphatic carbocycles. The molecule has 0 aliphatic heterocycles. The molecule has 1 aromatic carbocycles. The van der Waals surface area contributed by atoms with Crippen molar-refractivity contribution in [3.8, 4) is 22.8 Å². The molecule has 0 saturated heterocycles. The highest BCUT2D eigenvalue weighted by molar-refractivity contribution is 7.14. The molecule has 25 heavy (non-hydrogen) atoms. The first-order chi connectivity index (χ1) is 12.2. The Kier molecular flexibility index (Phi) is 5.47.